The van der Waals surface area contributed by atoms with Gasteiger partial charge >= 0.3 is 0 Å². The van der Waals surface area contributed by atoms with Gasteiger partial charge in [-0.05, 0) is 24.0 Å². The van der Waals surface area contributed by atoms with Gasteiger partial charge < -0.3 is 9.84 Å². The van der Waals surface area contributed by atoms with Crippen molar-refractivity contribution in [2.45, 2.75) is 18.4 Å². The first-order valence-corrected chi connectivity index (χ1v) is 7.31. The zero-order valence-electron chi connectivity index (χ0n) is 11.2. The van der Waals surface area contributed by atoms with E-state index in [-0.39, 0.29) is 6.61 Å². The van der Waals surface area contributed by atoms with Crippen LogP contribution in [0.5, 0.6) is 11.5 Å². The van der Waals surface area contributed by atoms with Gasteiger partial charge in [0.15, 0.2) is 0 Å². The van der Waals surface area contributed by atoms with Crippen molar-refractivity contribution in [2.75, 3.05) is 5.75 Å². The fourth-order valence-electron chi connectivity index (χ4n) is 1.83. The van der Waals surface area contributed by atoms with Gasteiger partial charge in [-0.2, -0.15) is 5.26 Å². The molecule has 4 heteroatoms. The maximum atomic E-state index is 9.34. The van der Waals surface area contributed by atoms with Gasteiger partial charge in [0, 0.05) is 10.5 Å². The highest BCUT2D eigenvalue weighted by Crippen LogP contribution is 2.33. The summed E-state index contributed by atoms with van der Waals surface area (Å²) in [6, 6.07) is 15.0. The van der Waals surface area contributed by atoms with E-state index in [0.29, 0.717) is 22.6 Å². The van der Waals surface area contributed by atoms with Gasteiger partial charge in [-0.25, -0.2) is 0 Å². The number of para-hydroxylation sites is 1. The molecule has 0 fully saturated rings. The van der Waals surface area contributed by atoms with E-state index >= 15 is 0 Å². The molecule has 0 saturated carbocycles. The van der Waals surface area contributed by atoms with Crippen LogP contribution in [0, 0.1) is 11.3 Å². The van der Waals surface area contributed by atoms with E-state index in [1.165, 1.54) is 0 Å². The lowest BCUT2D eigenvalue weighted by Gasteiger charge is -2.12. The standard InChI is InChI=1S/C16H15NO2S/c1-2-20-16-9-5-8-15(13(16)10-17)19-14-7-4-3-6-12(14)11-18/h3-9,18H,2,11H2,1H3. The predicted molar refractivity (Wildman–Crippen MR) is 80.0 cm³/mol. The summed E-state index contributed by atoms with van der Waals surface area (Å²) in [6.45, 7) is 1.95. The molecular formula is C16H15NO2S. The van der Waals surface area contributed by atoms with Crippen LogP contribution in [0.25, 0.3) is 0 Å². The Morgan fingerprint density at radius 3 is 2.60 bits per heavy atom. The van der Waals surface area contributed by atoms with E-state index < -0.39 is 0 Å². The largest absolute Gasteiger partial charge is 0.456 e. The molecule has 3 nitrogen and oxygen atoms in total. The average molecular weight is 285 g/mol. The smallest absolute Gasteiger partial charge is 0.146 e. The molecule has 2 rings (SSSR count). The van der Waals surface area contributed by atoms with E-state index in [0.717, 1.165) is 10.6 Å². The summed E-state index contributed by atoms with van der Waals surface area (Å²) in [5, 5.41) is 18.7. The highest BCUT2D eigenvalue weighted by Gasteiger charge is 2.11. The average Bonchev–Trinajstić information content (AvgIpc) is 2.48. The van der Waals surface area contributed by atoms with E-state index in [1.807, 2.05) is 31.2 Å². The number of hydrogen-bond acceptors (Lipinski definition) is 4. The summed E-state index contributed by atoms with van der Waals surface area (Å²) in [5.41, 5.74) is 1.23. The molecule has 0 aliphatic carbocycles. The first kappa shape index (κ1) is 14.4. The Kier molecular flexibility index (Phi) is 5.05. The van der Waals surface area contributed by atoms with Crippen LogP contribution in [0.3, 0.4) is 0 Å². The topological polar surface area (TPSA) is 53.2 Å². The van der Waals surface area contributed by atoms with Crippen LogP contribution in [0.15, 0.2) is 47.4 Å². The van der Waals surface area contributed by atoms with E-state index in [4.69, 9.17) is 4.74 Å². The Morgan fingerprint density at radius 1 is 1.15 bits per heavy atom. The Morgan fingerprint density at radius 2 is 1.90 bits per heavy atom. The second-order valence-electron chi connectivity index (χ2n) is 4.04. The number of aliphatic hydroxyl groups is 1. The molecular weight excluding hydrogens is 270 g/mol. The molecule has 0 spiro atoms. The molecule has 2 aromatic carbocycles. The summed E-state index contributed by atoms with van der Waals surface area (Å²) in [5.74, 6) is 1.99. The maximum absolute atomic E-state index is 9.34. The Balaban J connectivity index is 2.39. The fraction of sp³-hybridized carbons (Fsp3) is 0.188. The van der Waals surface area contributed by atoms with Crippen molar-refractivity contribution in [3.63, 3.8) is 0 Å². The van der Waals surface area contributed by atoms with Gasteiger partial charge in [0.05, 0.1) is 6.61 Å². The van der Waals surface area contributed by atoms with Crippen molar-refractivity contribution in [1.29, 1.82) is 5.26 Å². The first-order valence-electron chi connectivity index (χ1n) is 6.32. The molecule has 0 saturated heterocycles. The fourth-order valence-corrected chi connectivity index (χ4v) is 2.61. The van der Waals surface area contributed by atoms with E-state index in [2.05, 4.69) is 6.07 Å². The van der Waals surface area contributed by atoms with Crippen LogP contribution in [0.1, 0.15) is 18.1 Å². The van der Waals surface area contributed by atoms with Crippen LogP contribution in [0.2, 0.25) is 0 Å². The van der Waals surface area contributed by atoms with Crippen LogP contribution in [0.4, 0.5) is 0 Å². The minimum atomic E-state index is -0.0958. The molecule has 0 bridgehead atoms. The molecule has 2 aromatic rings. The molecule has 0 aliphatic rings. The van der Waals surface area contributed by atoms with Gasteiger partial charge in [0.1, 0.15) is 23.1 Å². The zero-order valence-corrected chi connectivity index (χ0v) is 12.0. The van der Waals surface area contributed by atoms with Crippen LogP contribution in [-0.4, -0.2) is 10.9 Å². The van der Waals surface area contributed by atoms with E-state index in [9.17, 15) is 10.4 Å². The van der Waals surface area contributed by atoms with Crippen molar-refractivity contribution in [1.82, 2.24) is 0 Å². The lowest BCUT2D eigenvalue weighted by molar-refractivity contribution is 0.276. The Hall–Kier alpha value is -1.96. The number of hydrogen-bond donors (Lipinski definition) is 1. The van der Waals surface area contributed by atoms with Crippen molar-refractivity contribution >= 4 is 11.8 Å². The molecule has 1 N–H and O–H groups in total. The van der Waals surface area contributed by atoms with Gasteiger partial charge in [0.25, 0.3) is 0 Å². The Bertz CT molecular complexity index is 635. The third-order valence-electron chi connectivity index (χ3n) is 2.76. The third-order valence-corrected chi connectivity index (χ3v) is 3.70. The summed E-state index contributed by atoms with van der Waals surface area (Å²) in [6.07, 6.45) is 0. The third kappa shape index (κ3) is 3.13. The summed E-state index contributed by atoms with van der Waals surface area (Å²) in [7, 11) is 0. The lowest BCUT2D eigenvalue weighted by atomic mass is 10.2. The number of aliphatic hydroxyl groups excluding tert-OH is 1. The molecule has 0 heterocycles. The van der Waals surface area contributed by atoms with Crippen molar-refractivity contribution < 1.29 is 9.84 Å². The first-order chi connectivity index (χ1) is 9.80. The summed E-state index contributed by atoms with van der Waals surface area (Å²) < 4.78 is 5.81. The number of rotatable bonds is 5. The van der Waals surface area contributed by atoms with Crippen LogP contribution in [-0.2, 0) is 6.61 Å². The van der Waals surface area contributed by atoms with E-state index in [1.54, 1.807) is 30.0 Å². The quantitative estimate of drug-likeness (QED) is 0.845. The molecule has 0 unspecified atom stereocenters. The van der Waals surface area contributed by atoms with Crippen LogP contribution < -0.4 is 4.74 Å². The van der Waals surface area contributed by atoms with Crippen LogP contribution >= 0.6 is 11.8 Å². The molecule has 0 radical (unpaired) electrons. The minimum Gasteiger partial charge on any atom is -0.456 e. The van der Waals surface area contributed by atoms with Gasteiger partial charge in [-0.15, -0.1) is 11.8 Å². The Labute approximate surface area is 122 Å². The van der Waals surface area contributed by atoms with Gasteiger partial charge in [-0.3, -0.25) is 0 Å². The predicted octanol–water partition coefficient (Wildman–Crippen LogP) is 3.95. The van der Waals surface area contributed by atoms with Crippen molar-refractivity contribution in [2.24, 2.45) is 0 Å². The molecule has 0 amide bonds. The zero-order chi connectivity index (χ0) is 14.4. The number of ether oxygens (including phenoxy) is 1. The second kappa shape index (κ2) is 6.99. The number of nitrogens with zero attached hydrogens (tertiary/aromatic N) is 1. The summed E-state index contributed by atoms with van der Waals surface area (Å²) >= 11 is 1.61. The number of benzene rings is 2. The highest BCUT2D eigenvalue weighted by atomic mass is 32.2. The number of nitriles is 1. The molecule has 102 valence electrons. The lowest BCUT2D eigenvalue weighted by Crippen LogP contribution is -1.94. The maximum Gasteiger partial charge on any atom is 0.146 e. The molecule has 0 aliphatic heterocycles. The number of thioether (sulfide) groups is 1. The molecule has 20 heavy (non-hydrogen) atoms. The van der Waals surface area contributed by atoms with Crippen molar-refractivity contribution in [3.8, 4) is 17.6 Å². The monoisotopic (exact) mass is 285 g/mol. The van der Waals surface area contributed by atoms with Gasteiger partial charge in [0.2, 0.25) is 0 Å². The minimum absolute atomic E-state index is 0.0958. The normalized spacial score (nSPS) is 10.1. The van der Waals surface area contributed by atoms with Crippen molar-refractivity contribution in [3.05, 3.63) is 53.6 Å². The second-order valence-corrected chi connectivity index (χ2v) is 5.35. The van der Waals surface area contributed by atoms with Gasteiger partial charge in [-0.1, -0.05) is 31.2 Å². The molecule has 0 atom stereocenters. The summed E-state index contributed by atoms with van der Waals surface area (Å²) in [4.78, 5) is 0.911. The highest BCUT2D eigenvalue weighted by molar-refractivity contribution is 7.99. The molecule has 0 aromatic heterocycles. The SMILES string of the molecule is CCSc1cccc(Oc2ccccc2CO)c1C#N.